The summed E-state index contributed by atoms with van der Waals surface area (Å²) in [6, 6.07) is 3.07. The van der Waals surface area contributed by atoms with Crippen molar-refractivity contribution in [2.45, 2.75) is 61.4 Å². The molecule has 0 aliphatic carbocycles. The van der Waals surface area contributed by atoms with Gasteiger partial charge >= 0.3 is 0 Å². The summed E-state index contributed by atoms with van der Waals surface area (Å²) in [5.74, 6) is -1.50. The summed E-state index contributed by atoms with van der Waals surface area (Å²) in [5, 5.41) is 97.8. The Morgan fingerprint density at radius 2 is 1.46 bits per heavy atom. The van der Waals surface area contributed by atoms with Gasteiger partial charge in [-0.25, -0.2) is 0 Å². The molecule has 11 N–H and O–H groups in total. The Morgan fingerprint density at radius 3 is 1.80 bits per heavy atom. The van der Waals surface area contributed by atoms with E-state index in [-0.39, 0.29) is 12.4 Å². The smallest absolute Gasteiger partial charge is 0.219 e. The number of alkyl halides is 1. The van der Waals surface area contributed by atoms with Gasteiger partial charge in [0.15, 0.2) is 18.3 Å². The van der Waals surface area contributed by atoms with E-state index in [2.05, 4.69) is 9.47 Å². The molecule has 2 saturated heterocycles. The van der Waals surface area contributed by atoms with Crippen LogP contribution in [-0.4, -0.2) is 144 Å². The number of halogens is 1. The van der Waals surface area contributed by atoms with Crippen LogP contribution >= 0.6 is 0 Å². The molecule has 3 unspecified atom stereocenters. The molecule has 1 aromatic rings. The van der Waals surface area contributed by atoms with Crippen molar-refractivity contribution in [1.82, 2.24) is 0 Å². The first-order chi connectivity index (χ1) is 16.5. The second-order valence-corrected chi connectivity index (χ2v) is 7.08. The number of aldehydes is 1. The Bertz CT molecular complexity index is 694. The maximum atomic E-state index is 9.96. The van der Waals surface area contributed by atoms with Crippen LogP contribution in [-0.2, 0) is 16.1 Å². The van der Waals surface area contributed by atoms with E-state index in [9.17, 15) is 14.3 Å². The molecule has 0 radical (unpaired) electrons. The van der Waals surface area contributed by atoms with Crippen LogP contribution in [0.3, 0.4) is 0 Å². The maximum absolute atomic E-state index is 9.96. The molecule has 0 bridgehead atoms. The van der Waals surface area contributed by atoms with Crippen molar-refractivity contribution >= 4 is 6.29 Å². The predicted octanol–water partition coefficient (Wildman–Crippen LogP) is -5.27. The molecule has 35 heavy (non-hydrogen) atoms. The van der Waals surface area contributed by atoms with Crippen LogP contribution in [0.25, 0.3) is 0 Å². The fourth-order valence-electron chi connectivity index (χ4n) is 2.77. The van der Waals surface area contributed by atoms with E-state index in [0.29, 0.717) is 19.2 Å². The van der Waals surface area contributed by atoms with Gasteiger partial charge in [-0.2, -0.15) is 0 Å². The minimum atomic E-state index is -2.16. The van der Waals surface area contributed by atoms with Crippen LogP contribution in [0.1, 0.15) is 16.3 Å². The molecule has 0 aromatic carbocycles. The van der Waals surface area contributed by atoms with Gasteiger partial charge in [0, 0.05) is 0 Å². The average molecular weight is 520 g/mol. The van der Waals surface area contributed by atoms with Gasteiger partial charge in [-0.05, 0) is 12.1 Å². The van der Waals surface area contributed by atoms with Crippen LogP contribution < -0.4 is 0 Å². The minimum Gasteiger partial charge on any atom is -0.456 e. The highest BCUT2D eigenvalue weighted by molar-refractivity contribution is 5.70. The molecule has 2 aliphatic rings. The molecule has 9 atom stereocenters. The molecule has 3 rings (SSSR count). The standard InChI is InChI=1S/2C6H12O6.C6H6O3.CH3F/c7-1-3-4(9)5(10)6(11,2-8)12-3;7-1-2-3(8)4(9)5(10)6(11)12-2;7-3-5-1-2-6(4-8)9-5;1-2/h3-5,7-11H,1-2H2;2-11H,1H2;1-3,8H,4H2;1H3/t3-,4?,5-,6+;2?,3-,4+,5?,6+;;/m11../s1. The van der Waals surface area contributed by atoms with Crippen molar-refractivity contribution in [3.63, 3.8) is 0 Å². The van der Waals surface area contributed by atoms with Gasteiger partial charge in [-0.1, -0.05) is 0 Å². The first-order valence-corrected chi connectivity index (χ1v) is 9.98. The molecule has 16 heteroatoms. The van der Waals surface area contributed by atoms with Gasteiger partial charge in [-0.3, -0.25) is 9.18 Å². The van der Waals surface area contributed by atoms with Gasteiger partial charge in [0.25, 0.3) is 0 Å². The van der Waals surface area contributed by atoms with Gasteiger partial charge in [-0.15, -0.1) is 0 Å². The SMILES string of the molecule is CF.O=Cc1ccc(CO)o1.OCC1O[C@H](O)C(O)[C@@H](O)[C@@H]1O.OC[C@H]1O[C@@](O)(CO)[C@H](O)C1O. The van der Waals surface area contributed by atoms with E-state index < -0.39 is 74.6 Å². The van der Waals surface area contributed by atoms with Crippen molar-refractivity contribution in [2.75, 3.05) is 27.0 Å². The fourth-order valence-corrected chi connectivity index (χ4v) is 2.77. The Morgan fingerprint density at radius 1 is 0.886 bits per heavy atom. The zero-order chi connectivity index (χ0) is 27.3. The number of carbonyl (C=O) groups is 1. The van der Waals surface area contributed by atoms with E-state index in [1.54, 1.807) is 6.07 Å². The molecule has 1 aromatic heterocycles. The lowest BCUT2D eigenvalue weighted by Crippen LogP contribution is -2.58. The van der Waals surface area contributed by atoms with E-state index in [1.807, 2.05) is 0 Å². The van der Waals surface area contributed by atoms with Gasteiger partial charge in [0.2, 0.25) is 5.79 Å². The van der Waals surface area contributed by atoms with E-state index in [1.165, 1.54) is 6.07 Å². The normalized spacial score (nSPS) is 36.0. The molecule has 15 nitrogen and oxygen atoms in total. The van der Waals surface area contributed by atoms with Crippen LogP contribution in [0, 0.1) is 0 Å². The summed E-state index contributed by atoms with van der Waals surface area (Å²) >= 11 is 0. The Balaban J connectivity index is 0.000000483. The van der Waals surface area contributed by atoms with Crippen LogP contribution in [0.4, 0.5) is 4.39 Å². The lowest BCUT2D eigenvalue weighted by atomic mass is 10.00. The van der Waals surface area contributed by atoms with E-state index in [0.717, 1.165) is 0 Å². The summed E-state index contributed by atoms with van der Waals surface area (Å²) in [6.07, 6.45) is -10.5. The highest BCUT2D eigenvalue weighted by Crippen LogP contribution is 2.28. The first-order valence-electron chi connectivity index (χ1n) is 9.98. The number of furan rings is 1. The summed E-state index contributed by atoms with van der Waals surface area (Å²) in [6.45, 7) is -2.04. The molecule has 2 aliphatic heterocycles. The number of carbonyl (C=O) groups excluding carboxylic acids is 1. The highest BCUT2D eigenvalue weighted by atomic mass is 19.1. The summed E-state index contributed by atoms with van der Waals surface area (Å²) < 4.78 is 23.5. The molecule has 3 heterocycles. The number of hydrogen-bond acceptors (Lipinski definition) is 15. The number of aliphatic hydroxyl groups excluding tert-OH is 10. The van der Waals surface area contributed by atoms with Gasteiger partial charge in [0.1, 0.15) is 55.1 Å². The molecular weight excluding hydrogens is 487 g/mol. The third-order valence-electron chi connectivity index (χ3n) is 4.75. The van der Waals surface area contributed by atoms with Crippen molar-refractivity contribution in [1.29, 1.82) is 0 Å². The molecule has 0 spiro atoms. The summed E-state index contributed by atoms with van der Waals surface area (Å²) in [4.78, 5) is 9.96. The summed E-state index contributed by atoms with van der Waals surface area (Å²) in [5.41, 5.74) is 0. The molecule has 0 amide bonds. The monoisotopic (exact) mass is 520 g/mol. The van der Waals surface area contributed by atoms with Crippen LogP contribution in [0.2, 0.25) is 0 Å². The van der Waals surface area contributed by atoms with Gasteiger partial charge in [0.05, 0.1) is 27.0 Å². The Kier molecular flexibility index (Phi) is 15.4. The lowest BCUT2D eigenvalue weighted by molar-refractivity contribution is -0.286. The molecule has 0 saturated carbocycles. The quantitative estimate of drug-likeness (QED) is 0.162. The zero-order valence-corrected chi connectivity index (χ0v) is 18.6. The molecule has 2 fully saturated rings. The Labute approximate surface area is 198 Å². The van der Waals surface area contributed by atoms with Crippen LogP contribution in [0.15, 0.2) is 16.5 Å². The first kappa shape index (κ1) is 33.4. The third kappa shape index (κ3) is 9.07. The number of ether oxygens (including phenoxy) is 2. The number of aliphatic hydroxyl groups is 11. The topological polar surface area (TPSA) is 271 Å². The Hall–Kier alpha value is -1.64. The second kappa shape index (κ2) is 16.2. The number of hydrogen-bond donors (Lipinski definition) is 11. The molecular formula is C19H33FO15. The van der Waals surface area contributed by atoms with Gasteiger partial charge < -0.3 is 70.1 Å². The molecule has 206 valence electrons. The lowest BCUT2D eigenvalue weighted by Gasteiger charge is -2.37. The highest BCUT2D eigenvalue weighted by Gasteiger charge is 2.52. The summed E-state index contributed by atoms with van der Waals surface area (Å²) in [7, 11) is 0.500. The van der Waals surface area contributed by atoms with Crippen molar-refractivity contribution in [3.05, 3.63) is 23.7 Å². The second-order valence-electron chi connectivity index (χ2n) is 7.08. The minimum absolute atomic E-state index is 0.159. The van der Waals surface area contributed by atoms with E-state index in [4.69, 9.17) is 55.5 Å². The van der Waals surface area contributed by atoms with Crippen molar-refractivity contribution in [2.24, 2.45) is 0 Å². The largest absolute Gasteiger partial charge is 0.456 e. The maximum Gasteiger partial charge on any atom is 0.219 e. The van der Waals surface area contributed by atoms with Crippen molar-refractivity contribution in [3.8, 4) is 0 Å². The zero-order valence-electron chi connectivity index (χ0n) is 18.6. The van der Waals surface area contributed by atoms with E-state index >= 15 is 0 Å². The predicted molar refractivity (Wildman–Crippen MR) is 109 cm³/mol. The third-order valence-corrected chi connectivity index (χ3v) is 4.75. The van der Waals surface area contributed by atoms with Crippen LogP contribution in [0.5, 0.6) is 0 Å². The van der Waals surface area contributed by atoms with Crippen molar-refractivity contribution < 1.29 is 79.2 Å². The fraction of sp³-hybridized carbons (Fsp3) is 0.737. The number of rotatable bonds is 5. The average Bonchev–Trinajstić information content (AvgIpc) is 3.45.